The molecule has 2 heterocycles. The number of aromatic nitrogens is 1. The predicted octanol–water partition coefficient (Wildman–Crippen LogP) is 1.28. The van der Waals surface area contributed by atoms with Crippen LogP contribution < -0.4 is 0 Å². The molecule has 0 bridgehead atoms. The van der Waals surface area contributed by atoms with E-state index in [4.69, 9.17) is 4.74 Å². The third-order valence-corrected chi connectivity index (χ3v) is 3.69. The van der Waals surface area contributed by atoms with Crippen LogP contribution in [0.5, 0.6) is 0 Å². The quantitative estimate of drug-likeness (QED) is 0.777. The van der Waals surface area contributed by atoms with Crippen molar-refractivity contribution in [3.63, 3.8) is 0 Å². The average Bonchev–Trinajstić information content (AvgIpc) is 2.60. The van der Waals surface area contributed by atoms with Gasteiger partial charge in [0.25, 0.3) is 5.91 Å². The van der Waals surface area contributed by atoms with Gasteiger partial charge in [0.05, 0.1) is 19.6 Å². The first-order chi connectivity index (χ1) is 11.1. The van der Waals surface area contributed by atoms with Gasteiger partial charge in [0.15, 0.2) is 0 Å². The van der Waals surface area contributed by atoms with Crippen molar-refractivity contribution in [1.29, 1.82) is 0 Å². The van der Waals surface area contributed by atoms with E-state index in [0.29, 0.717) is 26.1 Å². The van der Waals surface area contributed by atoms with Crippen LogP contribution in [0, 0.1) is 5.92 Å². The first-order valence-corrected chi connectivity index (χ1v) is 7.58. The Morgan fingerprint density at radius 2 is 2.04 bits per heavy atom. The van der Waals surface area contributed by atoms with Crippen LogP contribution in [0.4, 0.5) is 0 Å². The maximum Gasteiger partial charge on any atom is 0.356 e. The molecule has 1 aliphatic heterocycles. The second kappa shape index (κ2) is 7.71. The van der Waals surface area contributed by atoms with Crippen LogP contribution in [0.3, 0.4) is 0 Å². The average molecular weight is 320 g/mol. The minimum absolute atomic E-state index is 0.0808. The number of likely N-dealkylation sites (tertiary alicyclic amines) is 1. The molecule has 7 nitrogen and oxygen atoms in total. The van der Waals surface area contributed by atoms with Gasteiger partial charge in [-0.15, -0.1) is 0 Å². The van der Waals surface area contributed by atoms with E-state index in [-0.39, 0.29) is 29.2 Å². The van der Waals surface area contributed by atoms with Crippen molar-refractivity contribution in [3.8, 4) is 0 Å². The molecule has 1 aliphatic rings. The van der Waals surface area contributed by atoms with E-state index < -0.39 is 5.97 Å². The SMILES string of the molecule is CCOC(=O)C1CCCN(C(=O)c2cccc(C(=O)OC)n2)C1. The fourth-order valence-electron chi connectivity index (χ4n) is 2.55. The van der Waals surface area contributed by atoms with Gasteiger partial charge in [-0.25, -0.2) is 9.78 Å². The summed E-state index contributed by atoms with van der Waals surface area (Å²) >= 11 is 0. The third kappa shape index (κ3) is 4.06. The van der Waals surface area contributed by atoms with Crippen LogP contribution in [-0.4, -0.2) is 54.5 Å². The van der Waals surface area contributed by atoms with Gasteiger partial charge in [-0.3, -0.25) is 9.59 Å². The maximum absolute atomic E-state index is 12.5. The third-order valence-electron chi connectivity index (χ3n) is 3.69. The molecule has 0 aromatic carbocycles. The van der Waals surface area contributed by atoms with Crippen molar-refractivity contribution in [1.82, 2.24) is 9.88 Å². The molecule has 0 spiro atoms. The summed E-state index contributed by atoms with van der Waals surface area (Å²) in [6.07, 6.45) is 1.43. The predicted molar refractivity (Wildman–Crippen MR) is 80.8 cm³/mol. The molecule has 0 N–H and O–H groups in total. The largest absolute Gasteiger partial charge is 0.466 e. The molecule has 2 rings (SSSR count). The van der Waals surface area contributed by atoms with E-state index in [9.17, 15) is 14.4 Å². The molecular weight excluding hydrogens is 300 g/mol. The van der Waals surface area contributed by atoms with Gasteiger partial charge in [0.2, 0.25) is 0 Å². The van der Waals surface area contributed by atoms with Gasteiger partial charge in [0, 0.05) is 13.1 Å². The second-order valence-electron chi connectivity index (χ2n) is 5.24. The molecule has 0 radical (unpaired) electrons. The highest BCUT2D eigenvalue weighted by atomic mass is 16.5. The second-order valence-corrected chi connectivity index (χ2v) is 5.24. The van der Waals surface area contributed by atoms with E-state index in [1.54, 1.807) is 24.0 Å². The number of hydrogen-bond acceptors (Lipinski definition) is 6. The molecule has 1 fully saturated rings. The van der Waals surface area contributed by atoms with Crippen molar-refractivity contribution in [2.24, 2.45) is 5.92 Å². The standard InChI is InChI=1S/C16H20N2O5/c1-3-23-15(20)11-6-5-9-18(10-11)14(19)12-7-4-8-13(17-12)16(21)22-2/h4,7-8,11H,3,5-6,9-10H2,1-2H3. The topological polar surface area (TPSA) is 85.8 Å². The number of piperidine rings is 1. The summed E-state index contributed by atoms with van der Waals surface area (Å²) in [7, 11) is 1.26. The van der Waals surface area contributed by atoms with Crippen LogP contribution in [0.25, 0.3) is 0 Å². The summed E-state index contributed by atoms with van der Waals surface area (Å²) in [5.41, 5.74) is 0.245. The Hall–Kier alpha value is -2.44. The zero-order valence-corrected chi connectivity index (χ0v) is 13.3. The Bertz CT molecular complexity index is 602. The normalized spacial score (nSPS) is 17.5. The van der Waals surface area contributed by atoms with Crippen LogP contribution in [-0.2, 0) is 14.3 Å². The smallest absolute Gasteiger partial charge is 0.356 e. The Morgan fingerprint density at radius 1 is 1.30 bits per heavy atom. The number of amides is 1. The van der Waals surface area contributed by atoms with E-state index in [0.717, 1.165) is 6.42 Å². The highest BCUT2D eigenvalue weighted by molar-refractivity contribution is 5.94. The van der Waals surface area contributed by atoms with Crippen LogP contribution in [0.2, 0.25) is 0 Å². The highest BCUT2D eigenvalue weighted by Gasteiger charge is 2.30. The van der Waals surface area contributed by atoms with Crippen molar-refractivity contribution >= 4 is 17.8 Å². The molecule has 0 aliphatic carbocycles. The molecular formula is C16H20N2O5. The molecule has 124 valence electrons. The zero-order chi connectivity index (χ0) is 16.8. The number of hydrogen-bond donors (Lipinski definition) is 0. The van der Waals surface area contributed by atoms with Crippen LogP contribution >= 0.6 is 0 Å². The lowest BCUT2D eigenvalue weighted by Gasteiger charge is -2.31. The van der Waals surface area contributed by atoms with Crippen molar-refractivity contribution in [3.05, 3.63) is 29.6 Å². The van der Waals surface area contributed by atoms with E-state index >= 15 is 0 Å². The number of ether oxygens (including phenoxy) is 2. The Kier molecular flexibility index (Phi) is 5.67. The molecule has 1 unspecified atom stereocenters. The van der Waals surface area contributed by atoms with Gasteiger partial charge >= 0.3 is 11.9 Å². The Morgan fingerprint density at radius 3 is 2.74 bits per heavy atom. The number of methoxy groups -OCH3 is 1. The molecule has 1 amide bonds. The molecule has 0 saturated carbocycles. The number of carbonyl (C=O) groups is 3. The molecule has 23 heavy (non-hydrogen) atoms. The molecule has 1 aromatic rings. The maximum atomic E-state index is 12.5. The first kappa shape index (κ1) is 16.9. The summed E-state index contributed by atoms with van der Waals surface area (Å²) < 4.78 is 9.63. The molecule has 1 atom stereocenters. The van der Waals surface area contributed by atoms with Gasteiger partial charge in [0.1, 0.15) is 11.4 Å². The molecule has 1 saturated heterocycles. The Labute approximate surface area is 134 Å². The van der Waals surface area contributed by atoms with Crippen molar-refractivity contribution in [2.75, 3.05) is 26.8 Å². The fraction of sp³-hybridized carbons (Fsp3) is 0.500. The van der Waals surface area contributed by atoms with Gasteiger partial charge in [-0.1, -0.05) is 6.07 Å². The van der Waals surface area contributed by atoms with Crippen LogP contribution in [0.15, 0.2) is 18.2 Å². The summed E-state index contributed by atoms with van der Waals surface area (Å²) in [6, 6.07) is 4.61. The number of rotatable bonds is 4. The number of nitrogens with zero attached hydrogens (tertiary/aromatic N) is 2. The van der Waals surface area contributed by atoms with Crippen molar-refractivity contribution < 1.29 is 23.9 Å². The number of esters is 2. The van der Waals surface area contributed by atoms with Gasteiger partial charge in [-0.05, 0) is 31.9 Å². The van der Waals surface area contributed by atoms with Crippen molar-refractivity contribution in [2.45, 2.75) is 19.8 Å². The minimum Gasteiger partial charge on any atom is -0.466 e. The number of carbonyl (C=O) groups excluding carboxylic acids is 3. The zero-order valence-electron chi connectivity index (χ0n) is 13.3. The van der Waals surface area contributed by atoms with Crippen LogP contribution in [0.1, 0.15) is 40.7 Å². The summed E-state index contributed by atoms with van der Waals surface area (Å²) in [6.45, 7) is 2.94. The molecule has 1 aromatic heterocycles. The summed E-state index contributed by atoms with van der Waals surface area (Å²) in [5.74, 6) is -1.48. The number of pyridine rings is 1. The van der Waals surface area contributed by atoms with Gasteiger partial charge in [-0.2, -0.15) is 0 Å². The van der Waals surface area contributed by atoms with E-state index in [1.807, 2.05) is 0 Å². The van der Waals surface area contributed by atoms with E-state index in [2.05, 4.69) is 9.72 Å². The first-order valence-electron chi connectivity index (χ1n) is 7.58. The lowest BCUT2D eigenvalue weighted by molar-refractivity contribution is -0.149. The van der Waals surface area contributed by atoms with Gasteiger partial charge < -0.3 is 14.4 Å². The summed E-state index contributed by atoms with van der Waals surface area (Å²) in [5, 5.41) is 0. The molecule has 7 heteroatoms. The monoisotopic (exact) mass is 320 g/mol. The minimum atomic E-state index is -0.595. The lowest BCUT2D eigenvalue weighted by Crippen LogP contribution is -2.43. The Balaban J connectivity index is 2.10. The summed E-state index contributed by atoms with van der Waals surface area (Å²) in [4.78, 5) is 41.5. The highest BCUT2D eigenvalue weighted by Crippen LogP contribution is 2.19. The fourth-order valence-corrected chi connectivity index (χ4v) is 2.55. The van der Waals surface area contributed by atoms with E-state index in [1.165, 1.54) is 13.2 Å². The lowest BCUT2D eigenvalue weighted by atomic mass is 9.98.